The van der Waals surface area contributed by atoms with Crippen LogP contribution in [0.25, 0.3) is 10.8 Å². The largest absolute Gasteiger partial charge is 0.208 e. The van der Waals surface area contributed by atoms with Gasteiger partial charge >= 0.3 is 0 Å². The summed E-state index contributed by atoms with van der Waals surface area (Å²) in [7, 11) is 0. The Morgan fingerprint density at radius 2 is 1.80 bits per heavy atom. The molecule has 0 aliphatic heterocycles. The molecule has 0 saturated heterocycles. The molecule has 0 saturated carbocycles. The van der Waals surface area contributed by atoms with Crippen LogP contribution in [0.5, 0.6) is 0 Å². The minimum absolute atomic E-state index is 0.0865. The van der Waals surface area contributed by atoms with Crippen molar-refractivity contribution < 1.29 is 0 Å². The van der Waals surface area contributed by atoms with Crippen molar-refractivity contribution in [2.45, 2.75) is 0 Å². The molecule has 0 unspecified atom stereocenters. The van der Waals surface area contributed by atoms with Crippen molar-refractivity contribution in [3.8, 4) is 0 Å². The summed E-state index contributed by atoms with van der Waals surface area (Å²) >= 11 is 0. The van der Waals surface area contributed by atoms with Gasteiger partial charge in [0, 0.05) is 5.39 Å². The van der Waals surface area contributed by atoms with Crippen molar-refractivity contribution in [2.24, 2.45) is 15.3 Å². The predicted octanol–water partition coefficient (Wildman–Crippen LogP) is 3.91. The Kier molecular flexibility index (Phi) is 2.78. The number of nitrogens with one attached hydrogen (secondary N) is 1. The fraction of sp³-hybridized carbons (Fsp3) is 0.0909. The monoisotopic (exact) mass is 198 g/mol. The van der Waals surface area contributed by atoms with Gasteiger partial charge in [0.25, 0.3) is 0 Å². The summed E-state index contributed by atoms with van der Waals surface area (Å²) in [6.07, 6.45) is 0. The maximum Gasteiger partial charge on any atom is 0.171 e. The highest BCUT2D eigenvalue weighted by Crippen LogP contribution is 2.25. The first-order chi connectivity index (χ1) is 7.42. The summed E-state index contributed by atoms with van der Waals surface area (Å²) in [6.45, 7) is 0.0865. The first-order valence-electron chi connectivity index (χ1n) is 4.60. The van der Waals surface area contributed by atoms with Gasteiger partial charge in [-0.15, -0.1) is 0 Å². The van der Waals surface area contributed by atoms with Crippen LogP contribution < -0.4 is 0 Å². The van der Waals surface area contributed by atoms with E-state index in [1.165, 1.54) is 0 Å². The summed E-state index contributed by atoms with van der Waals surface area (Å²) in [5.41, 5.74) is 7.42. The molecule has 15 heavy (non-hydrogen) atoms. The molecule has 0 atom stereocenters. The first kappa shape index (κ1) is 9.45. The van der Waals surface area contributed by atoms with Gasteiger partial charge in [0.2, 0.25) is 0 Å². The molecular weight excluding hydrogens is 188 g/mol. The SMILES string of the molecule is N=NCN=Nc1cccc2ccccc12. The highest BCUT2D eigenvalue weighted by Gasteiger charge is 1.97. The summed E-state index contributed by atoms with van der Waals surface area (Å²) in [5.74, 6) is 0. The number of fused-ring (bicyclic) bond motifs is 1. The van der Waals surface area contributed by atoms with E-state index in [2.05, 4.69) is 15.3 Å². The van der Waals surface area contributed by atoms with Crippen LogP contribution in [0, 0.1) is 5.53 Å². The number of nitrogens with zero attached hydrogens (tertiary/aromatic N) is 3. The normalized spacial score (nSPS) is 10.9. The third kappa shape index (κ3) is 2.04. The van der Waals surface area contributed by atoms with Crippen LogP contribution in [0.3, 0.4) is 0 Å². The van der Waals surface area contributed by atoms with Crippen LogP contribution in [-0.4, -0.2) is 6.67 Å². The Hall–Kier alpha value is -2.10. The van der Waals surface area contributed by atoms with Crippen LogP contribution >= 0.6 is 0 Å². The van der Waals surface area contributed by atoms with Crippen LogP contribution in [0.2, 0.25) is 0 Å². The van der Waals surface area contributed by atoms with Crippen molar-refractivity contribution in [3.63, 3.8) is 0 Å². The molecule has 0 aliphatic rings. The quantitative estimate of drug-likeness (QED) is 0.727. The predicted molar refractivity (Wildman–Crippen MR) is 58.5 cm³/mol. The van der Waals surface area contributed by atoms with Gasteiger partial charge in [-0.3, -0.25) is 0 Å². The molecule has 2 aromatic rings. The second-order valence-electron chi connectivity index (χ2n) is 3.04. The Morgan fingerprint density at radius 3 is 2.67 bits per heavy atom. The topological polar surface area (TPSA) is 60.9 Å². The minimum atomic E-state index is 0.0865. The molecule has 74 valence electrons. The molecule has 0 aliphatic carbocycles. The smallest absolute Gasteiger partial charge is 0.171 e. The van der Waals surface area contributed by atoms with E-state index < -0.39 is 0 Å². The number of benzene rings is 2. The van der Waals surface area contributed by atoms with Crippen LogP contribution in [-0.2, 0) is 0 Å². The van der Waals surface area contributed by atoms with E-state index in [4.69, 9.17) is 5.53 Å². The average molecular weight is 198 g/mol. The van der Waals surface area contributed by atoms with Crippen LogP contribution in [0.4, 0.5) is 5.69 Å². The van der Waals surface area contributed by atoms with Crippen molar-refractivity contribution in [3.05, 3.63) is 42.5 Å². The minimum Gasteiger partial charge on any atom is -0.208 e. The van der Waals surface area contributed by atoms with Gasteiger partial charge in [0.05, 0.1) is 5.69 Å². The molecule has 2 aromatic carbocycles. The molecule has 2 rings (SSSR count). The van der Waals surface area contributed by atoms with Gasteiger partial charge in [0.15, 0.2) is 6.67 Å². The van der Waals surface area contributed by atoms with Gasteiger partial charge in [-0.25, -0.2) is 5.53 Å². The van der Waals surface area contributed by atoms with Gasteiger partial charge in [-0.05, 0) is 11.5 Å². The number of rotatable bonds is 3. The van der Waals surface area contributed by atoms with Gasteiger partial charge < -0.3 is 0 Å². The molecule has 1 N–H and O–H groups in total. The first-order valence-corrected chi connectivity index (χ1v) is 4.60. The summed E-state index contributed by atoms with van der Waals surface area (Å²) < 4.78 is 0. The van der Waals surface area contributed by atoms with E-state index in [0.717, 1.165) is 16.5 Å². The number of hydrogen-bond acceptors (Lipinski definition) is 4. The lowest BCUT2D eigenvalue weighted by Crippen LogP contribution is -1.73. The van der Waals surface area contributed by atoms with Crippen molar-refractivity contribution in [2.75, 3.05) is 6.67 Å². The molecule has 0 bridgehead atoms. The molecule has 4 nitrogen and oxygen atoms in total. The zero-order chi connectivity index (χ0) is 10.5. The van der Waals surface area contributed by atoms with Crippen LogP contribution in [0.15, 0.2) is 57.8 Å². The standard InChI is InChI=1S/C11H10N4/c12-13-8-14-15-11-7-3-5-9-4-1-2-6-10(9)11/h1-7,12H,8H2. The molecule has 0 fully saturated rings. The van der Waals surface area contributed by atoms with Crippen molar-refractivity contribution in [1.29, 1.82) is 5.53 Å². The van der Waals surface area contributed by atoms with Gasteiger partial charge in [0.1, 0.15) is 0 Å². The van der Waals surface area contributed by atoms with Gasteiger partial charge in [-0.1, -0.05) is 36.4 Å². The molecule has 0 amide bonds. The maximum atomic E-state index is 6.60. The molecular formula is C11H10N4. The lowest BCUT2D eigenvalue weighted by Gasteiger charge is -1.99. The van der Waals surface area contributed by atoms with E-state index in [0.29, 0.717) is 0 Å². The van der Waals surface area contributed by atoms with Crippen LogP contribution in [0.1, 0.15) is 0 Å². The molecule has 0 spiro atoms. The van der Waals surface area contributed by atoms with E-state index >= 15 is 0 Å². The number of azo groups is 1. The lowest BCUT2D eigenvalue weighted by molar-refractivity contribution is 0.870. The van der Waals surface area contributed by atoms with E-state index in [1.807, 2.05) is 42.5 Å². The zero-order valence-corrected chi connectivity index (χ0v) is 8.09. The fourth-order valence-electron chi connectivity index (χ4n) is 1.43. The molecule has 4 heteroatoms. The molecule has 0 heterocycles. The Balaban J connectivity index is 2.46. The highest BCUT2D eigenvalue weighted by molar-refractivity contribution is 5.92. The second-order valence-corrected chi connectivity index (χ2v) is 3.04. The third-order valence-electron chi connectivity index (χ3n) is 2.08. The zero-order valence-electron chi connectivity index (χ0n) is 8.09. The Bertz CT molecular complexity index is 499. The van der Waals surface area contributed by atoms with Gasteiger partial charge in [-0.2, -0.15) is 15.3 Å². The second kappa shape index (κ2) is 4.41. The molecule has 0 radical (unpaired) electrons. The summed E-state index contributed by atoms with van der Waals surface area (Å²) in [6, 6.07) is 13.9. The maximum absolute atomic E-state index is 6.60. The Labute approximate surface area is 87.2 Å². The average Bonchev–Trinajstić information content (AvgIpc) is 2.30. The van der Waals surface area contributed by atoms with E-state index in [9.17, 15) is 0 Å². The van der Waals surface area contributed by atoms with Crippen molar-refractivity contribution in [1.82, 2.24) is 0 Å². The molecule has 0 aromatic heterocycles. The third-order valence-corrected chi connectivity index (χ3v) is 2.08. The lowest BCUT2D eigenvalue weighted by atomic mass is 10.1. The van der Waals surface area contributed by atoms with E-state index in [1.54, 1.807) is 0 Å². The summed E-state index contributed by atoms with van der Waals surface area (Å²) in [4.78, 5) is 0. The highest BCUT2D eigenvalue weighted by atomic mass is 15.2. The summed E-state index contributed by atoms with van der Waals surface area (Å²) in [5, 5.41) is 13.1. The van der Waals surface area contributed by atoms with E-state index in [-0.39, 0.29) is 6.67 Å². The number of hydrogen-bond donors (Lipinski definition) is 1. The Morgan fingerprint density at radius 1 is 1.00 bits per heavy atom. The fourth-order valence-corrected chi connectivity index (χ4v) is 1.43. The van der Waals surface area contributed by atoms with Crippen molar-refractivity contribution >= 4 is 16.5 Å².